The Morgan fingerprint density at radius 3 is 2.57 bits per heavy atom. The molecule has 0 radical (unpaired) electrons. The molecule has 21 heavy (non-hydrogen) atoms. The SMILES string of the molecule is CNCc1ccccc1NS(=O)(=O)c1ccc(Br)cc1Cl. The standard InChI is InChI=1S/C14H14BrClN2O2S/c1-17-9-10-4-2-3-5-13(10)18-21(19,20)14-7-6-11(15)8-12(14)16/h2-8,17-18H,9H2,1H3. The highest BCUT2D eigenvalue weighted by Gasteiger charge is 2.19. The summed E-state index contributed by atoms with van der Waals surface area (Å²) in [6, 6.07) is 11.9. The van der Waals surface area contributed by atoms with Gasteiger partial charge in [-0.15, -0.1) is 0 Å². The maximum Gasteiger partial charge on any atom is 0.263 e. The molecule has 0 heterocycles. The third-order valence-corrected chi connectivity index (χ3v) is 5.15. The molecule has 0 fully saturated rings. The van der Waals surface area contributed by atoms with Crippen molar-refractivity contribution in [1.29, 1.82) is 0 Å². The fraction of sp³-hybridized carbons (Fsp3) is 0.143. The van der Waals surface area contributed by atoms with Gasteiger partial charge in [-0.2, -0.15) is 0 Å². The van der Waals surface area contributed by atoms with E-state index in [2.05, 4.69) is 26.0 Å². The highest BCUT2D eigenvalue weighted by atomic mass is 79.9. The van der Waals surface area contributed by atoms with Crippen molar-refractivity contribution < 1.29 is 8.42 Å². The Hall–Kier alpha value is -1.08. The molecule has 7 heteroatoms. The number of hydrogen-bond acceptors (Lipinski definition) is 3. The van der Waals surface area contributed by atoms with Gasteiger partial charge in [0.15, 0.2) is 0 Å². The molecule has 0 bridgehead atoms. The molecule has 0 amide bonds. The van der Waals surface area contributed by atoms with Crippen molar-refractivity contribution in [3.8, 4) is 0 Å². The Morgan fingerprint density at radius 1 is 1.19 bits per heavy atom. The van der Waals surface area contributed by atoms with Crippen molar-refractivity contribution in [3.05, 3.63) is 57.5 Å². The summed E-state index contributed by atoms with van der Waals surface area (Å²) in [5.74, 6) is 0. The molecular weight excluding hydrogens is 376 g/mol. The van der Waals surface area contributed by atoms with Gasteiger partial charge in [0, 0.05) is 11.0 Å². The molecule has 0 aliphatic rings. The number of benzene rings is 2. The summed E-state index contributed by atoms with van der Waals surface area (Å²) in [5.41, 5.74) is 1.39. The number of halogens is 2. The number of nitrogens with one attached hydrogen (secondary N) is 2. The van der Waals surface area contributed by atoms with Gasteiger partial charge in [-0.3, -0.25) is 4.72 Å². The molecule has 4 nitrogen and oxygen atoms in total. The van der Waals surface area contributed by atoms with Gasteiger partial charge in [0.05, 0.1) is 10.7 Å². The second kappa shape index (κ2) is 6.79. The number of para-hydroxylation sites is 1. The summed E-state index contributed by atoms with van der Waals surface area (Å²) in [7, 11) is -1.93. The summed E-state index contributed by atoms with van der Waals surface area (Å²) in [6.07, 6.45) is 0. The van der Waals surface area contributed by atoms with Gasteiger partial charge in [-0.25, -0.2) is 8.42 Å². The summed E-state index contributed by atoms with van der Waals surface area (Å²) in [6.45, 7) is 0.562. The van der Waals surface area contributed by atoms with Gasteiger partial charge < -0.3 is 5.32 Å². The van der Waals surface area contributed by atoms with Crippen LogP contribution in [-0.2, 0) is 16.6 Å². The van der Waals surface area contributed by atoms with Crippen molar-refractivity contribution in [3.63, 3.8) is 0 Å². The molecule has 2 aromatic rings. The Balaban J connectivity index is 2.38. The average molecular weight is 390 g/mol. The van der Waals surface area contributed by atoms with Gasteiger partial charge in [0.2, 0.25) is 0 Å². The highest BCUT2D eigenvalue weighted by molar-refractivity contribution is 9.10. The zero-order chi connectivity index (χ0) is 15.5. The second-order valence-corrected chi connectivity index (χ2v) is 7.34. The highest BCUT2D eigenvalue weighted by Crippen LogP contribution is 2.27. The van der Waals surface area contributed by atoms with Crippen LogP contribution >= 0.6 is 27.5 Å². The van der Waals surface area contributed by atoms with E-state index in [1.54, 1.807) is 31.3 Å². The quantitative estimate of drug-likeness (QED) is 0.821. The minimum atomic E-state index is -3.73. The minimum absolute atomic E-state index is 0.0478. The van der Waals surface area contributed by atoms with Gasteiger partial charge in [-0.1, -0.05) is 45.7 Å². The van der Waals surface area contributed by atoms with Gasteiger partial charge >= 0.3 is 0 Å². The van der Waals surface area contributed by atoms with Crippen molar-refractivity contribution in [2.24, 2.45) is 0 Å². The molecule has 0 spiro atoms. The maximum absolute atomic E-state index is 12.5. The van der Waals surface area contributed by atoms with Crippen molar-refractivity contribution in [2.75, 3.05) is 11.8 Å². The van der Waals surface area contributed by atoms with E-state index in [4.69, 9.17) is 11.6 Å². The van der Waals surface area contributed by atoms with E-state index in [1.807, 2.05) is 12.1 Å². The van der Waals surface area contributed by atoms with E-state index in [9.17, 15) is 8.42 Å². The van der Waals surface area contributed by atoms with Crippen LogP contribution in [0, 0.1) is 0 Å². The van der Waals surface area contributed by atoms with E-state index < -0.39 is 10.0 Å². The van der Waals surface area contributed by atoms with Gasteiger partial charge in [0.25, 0.3) is 10.0 Å². The average Bonchev–Trinajstić information content (AvgIpc) is 2.40. The first-order valence-electron chi connectivity index (χ1n) is 6.14. The largest absolute Gasteiger partial charge is 0.316 e. The summed E-state index contributed by atoms with van der Waals surface area (Å²) in [5, 5.41) is 3.17. The molecular formula is C14H14BrClN2O2S. The maximum atomic E-state index is 12.5. The summed E-state index contributed by atoms with van der Waals surface area (Å²) >= 11 is 9.27. The summed E-state index contributed by atoms with van der Waals surface area (Å²) < 4.78 is 28.2. The smallest absolute Gasteiger partial charge is 0.263 e. The van der Waals surface area contributed by atoms with E-state index >= 15 is 0 Å². The lowest BCUT2D eigenvalue weighted by Gasteiger charge is -2.13. The van der Waals surface area contributed by atoms with E-state index in [0.717, 1.165) is 10.0 Å². The minimum Gasteiger partial charge on any atom is -0.316 e. The third kappa shape index (κ3) is 3.97. The van der Waals surface area contributed by atoms with E-state index in [0.29, 0.717) is 12.2 Å². The number of anilines is 1. The third-order valence-electron chi connectivity index (χ3n) is 2.81. The van der Waals surface area contributed by atoms with Crippen LogP contribution in [0.2, 0.25) is 5.02 Å². The van der Waals surface area contributed by atoms with Crippen LogP contribution in [0.5, 0.6) is 0 Å². The lowest BCUT2D eigenvalue weighted by atomic mass is 10.2. The zero-order valence-electron chi connectivity index (χ0n) is 11.2. The fourth-order valence-electron chi connectivity index (χ4n) is 1.86. The van der Waals surface area contributed by atoms with Gasteiger partial charge in [0.1, 0.15) is 4.90 Å². The molecule has 0 atom stereocenters. The molecule has 0 unspecified atom stereocenters. The van der Waals surface area contributed by atoms with E-state index in [-0.39, 0.29) is 9.92 Å². The van der Waals surface area contributed by atoms with Crippen LogP contribution in [0.15, 0.2) is 51.8 Å². The molecule has 2 N–H and O–H groups in total. The second-order valence-electron chi connectivity index (χ2n) is 4.37. The molecule has 2 rings (SSSR count). The van der Waals surface area contributed by atoms with Crippen LogP contribution < -0.4 is 10.0 Å². The molecule has 0 aliphatic heterocycles. The monoisotopic (exact) mass is 388 g/mol. The normalized spacial score (nSPS) is 11.4. The van der Waals surface area contributed by atoms with Gasteiger partial charge in [-0.05, 0) is 36.9 Å². The molecule has 0 saturated carbocycles. The predicted octanol–water partition coefficient (Wildman–Crippen LogP) is 3.62. The molecule has 0 aliphatic carbocycles. The molecule has 2 aromatic carbocycles. The molecule has 0 saturated heterocycles. The Kier molecular flexibility index (Phi) is 5.27. The number of hydrogen-bond donors (Lipinski definition) is 2. The van der Waals surface area contributed by atoms with Crippen molar-refractivity contribution in [1.82, 2.24) is 5.32 Å². The van der Waals surface area contributed by atoms with Crippen molar-refractivity contribution >= 4 is 43.2 Å². The van der Waals surface area contributed by atoms with Crippen molar-refractivity contribution in [2.45, 2.75) is 11.4 Å². The predicted molar refractivity (Wildman–Crippen MR) is 89.2 cm³/mol. The first kappa shape index (κ1) is 16.3. The fourth-order valence-corrected chi connectivity index (χ4v) is 4.00. The summed E-state index contributed by atoms with van der Waals surface area (Å²) in [4.78, 5) is 0.0478. The van der Waals surface area contributed by atoms with Crippen LogP contribution in [0.1, 0.15) is 5.56 Å². The van der Waals surface area contributed by atoms with Crippen LogP contribution in [0.3, 0.4) is 0 Å². The lowest BCUT2D eigenvalue weighted by Crippen LogP contribution is -2.16. The number of sulfonamides is 1. The first-order chi connectivity index (χ1) is 9.94. The topological polar surface area (TPSA) is 58.2 Å². The molecule has 0 aromatic heterocycles. The van der Waals surface area contributed by atoms with Crippen LogP contribution in [0.4, 0.5) is 5.69 Å². The Bertz CT molecular complexity index is 750. The first-order valence-corrected chi connectivity index (χ1v) is 8.80. The van der Waals surface area contributed by atoms with E-state index in [1.165, 1.54) is 6.07 Å². The Labute approximate surface area is 137 Å². The van der Waals surface area contributed by atoms with Crippen LogP contribution in [-0.4, -0.2) is 15.5 Å². The Morgan fingerprint density at radius 2 is 1.90 bits per heavy atom. The lowest BCUT2D eigenvalue weighted by molar-refractivity contribution is 0.601. The zero-order valence-corrected chi connectivity index (χ0v) is 14.4. The number of rotatable bonds is 5. The molecule has 112 valence electrons. The van der Waals surface area contributed by atoms with Crippen LogP contribution in [0.25, 0.3) is 0 Å².